The van der Waals surface area contributed by atoms with Gasteiger partial charge in [-0.15, -0.1) is 0 Å². The molecular weight excluding hydrogens is 330 g/mol. The molecule has 1 aromatic heterocycles. The average molecular weight is 349 g/mol. The van der Waals surface area contributed by atoms with E-state index in [9.17, 15) is 9.90 Å². The van der Waals surface area contributed by atoms with Gasteiger partial charge in [0.25, 0.3) is 0 Å². The third kappa shape index (κ3) is 4.45. The maximum atomic E-state index is 11.7. The van der Waals surface area contributed by atoms with Crippen LogP contribution in [-0.4, -0.2) is 35.5 Å². The van der Waals surface area contributed by atoms with E-state index in [1.165, 1.54) is 11.3 Å². The third-order valence-corrected chi connectivity index (χ3v) is 3.96. The van der Waals surface area contributed by atoms with E-state index >= 15 is 0 Å². The molecule has 24 heavy (non-hydrogen) atoms. The highest BCUT2D eigenvalue weighted by molar-refractivity contribution is 7.17. The van der Waals surface area contributed by atoms with Crippen LogP contribution in [0.15, 0.2) is 23.3 Å². The molecular formula is C16H19N3O4S. The number of hydrazone groups is 1. The van der Waals surface area contributed by atoms with Crippen LogP contribution in [0.3, 0.4) is 0 Å². The lowest BCUT2D eigenvalue weighted by molar-refractivity contribution is 0.0531. The second-order valence-corrected chi connectivity index (χ2v) is 5.68. The minimum absolute atomic E-state index is 0.0802. The normalized spacial score (nSPS) is 10.8. The molecule has 2 rings (SSSR count). The fraction of sp³-hybridized carbons (Fsp3) is 0.312. The number of hydrogen-bond donors (Lipinski definition) is 2. The maximum Gasteiger partial charge on any atom is 0.350 e. The van der Waals surface area contributed by atoms with Crippen molar-refractivity contribution in [1.82, 2.24) is 4.98 Å². The fourth-order valence-electron chi connectivity index (χ4n) is 1.87. The standard InChI is InChI=1S/C16H19N3O4S/c1-4-22-13-8-11(6-7-12(13)20)9-17-19-16-18-10(3)14(24-16)15(21)23-5-2/h6-9,20H,4-5H2,1-3H3,(H,18,19)/b17-9-. The number of aromatic hydroxyl groups is 1. The van der Waals surface area contributed by atoms with Crippen molar-refractivity contribution in [3.8, 4) is 11.5 Å². The van der Waals surface area contributed by atoms with Gasteiger partial charge in [0.05, 0.1) is 25.1 Å². The molecule has 0 radical (unpaired) electrons. The summed E-state index contributed by atoms with van der Waals surface area (Å²) in [6.07, 6.45) is 1.57. The van der Waals surface area contributed by atoms with Crippen LogP contribution in [0, 0.1) is 6.92 Å². The van der Waals surface area contributed by atoms with Crippen molar-refractivity contribution in [2.75, 3.05) is 18.6 Å². The van der Waals surface area contributed by atoms with E-state index < -0.39 is 0 Å². The number of phenols is 1. The summed E-state index contributed by atoms with van der Waals surface area (Å²) in [6, 6.07) is 4.93. The van der Waals surface area contributed by atoms with Crippen molar-refractivity contribution in [3.05, 3.63) is 34.3 Å². The summed E-state index contributed by atoms with van der Waals surface area (Å²) in [5.74, 6) is 0.0946. The fourth-order valence-corrected chi connectivity index (χ4v) is 2.68. The van der Waals surface area contributed by atoms with E-state index in [1.54, 1.807) is 38.3 Å². The van der Waals surface area contributed by atoms with Gasteiger partial charge in [0.15, 0.2) is 11.5 Å². The summed E-state index contributed by atoms with van der Waals surface area (Å²) in [5.41, 5.74) is 4.13. The van der Waals surface area contributed by atoms with E-state index in [1.807, 2.05) is 6.92 Å². The molecule has 0 aliphatic carbocycles. The molecule has 0 atom stereocenters. The number of carbonyl (C=O) groups excluding carboxylic acids is 1. The zero-order chi connectivity index (χ0) is 17.5. The monoisotopic (exact) mass is 349 g/mol. The van der Waals surface area contributed by atoms with Crippen LogP contribution in [-0.2, 0) is 4.74 Å². The zero-order valence-corrected chi connectivity index (χ0v) is 14.5. The molecule has 0 saturated heterocycles. The van der Waals surface area contributed by atoms with Gasteiger partial charge in [0.1, 0.15) is 4.88 Å². The van der Waals surface area contributed by atoms with Crippen molar-refractivity contribution in [2.24, 2.45) is 5.10 Å². The van der Waals surface area contributed by atoms with E-state index in [0.29, 0.717) is 34.7 Å². The molecule has 0 saturated carbocycles. The number of nitrogens with zero attached hydrogens (tertiary/aromatic N) is 2. The van der Waals surface area contributed by atoms with Gasteiger partial charge in [0, 0.05) is 0 Å². The Morgan fingerprint density at radius 3 is 2.92 bits per heavy atom. The lowest BCUT2D eigenvalue weighted by Gasteiger charge is -2.05. The number of aryl methyl sites for hydroxylation is 1. The van der Waals surface area contributed by atoms with Gasteiger partial charge in [0.2, 0.25) is 5.13 Å². The number of hydrogen-bond acceptors (Lipinski definition) is 8. The van der Waals surface area contributed by atoms with Crippen molar-refractivity contribution in [2.45, 2.75) is 20.8 Å². The summed E-state index contributed by atoms with van der Waals surface area (Å²) >= 11 is 1.18. The molecule has 0 bridgehead atoms. The molecule has 0 unspecified atom stereocenters. The summed E-state index contributed by atoms with van der Waals surface area (Å²) in [7, 11) is 0. The minimum Gasteiger partial charge on any atom is -0.504 e. The molecule has 1 aromatic carbocycles. The van der Waals surface area contributed by atoms with Gasteiger partial charge in [-0.3, -0.25) is 5.43 Å². The van der Waals surface area contributed by atoms with Crippen LogP contribution in [0.5, 0.6) is 11.5 Å². The molecule has 0 aliphatic rings. The van der Waals surface area contributed by atoms with Crippen LogP contribution in [0.4, 0.5) is 5.13 Å². The number of esters is 1. The van der Waals surface area contributed by atoms with Gasteiger partial charge in [-0.2, -0.15) is 5.10 Å². The Labute approximate surface area is 144 Å². The lowest BCUT2D eigenvalue weighted by atomic mass is 10.2. The highest BCUT2D eigenvalue weighted by atomic mass is 32.1. The van der Waals surface area contributed by atoms with Crippen LogP contribution in [0.2, 0.25) is 0 Å². The predicted molar refractivity (Wildman–Crippen MR) is 93.3 cm³/mol. The summed E-state index contributed by atoms with van der Waals surface area (Å²) in [4.78, 5) is 16.4. The zero-order valence-electron chi connectivity index (χ0n) is 13.7. The number of aromatic nitrogens is 1. The summed E-state index contributed by atoms with van der Waals surface area (Å²) in [6.45, 7) is 6.12. The van der Waals surface area contributed by atoms with E-state index in [2.05, 4.69) is 15.5 Å². The molecule has 2 N–H and O–H groups in total. The Hall–Kier alpha value is -2.61. The first-order valence-electron chi connectivity index (χ1n) is 7.44. The average Bonchev–Trinajstić information content (AvgIpc) is 2.92. The number of ether oxygens (including phenoxy) is 2. The molecule has 0 aliphatic heterocycles. The Balaban J connectivity index is 2.05. The first-order valence-corrected chi connectivity index (χ1v) is 8.26. The van der Waals surface area contributed by atoms with Crippen molar-refractivity contribution in [3.63, 3.8) is 0 Å². The Bertz CT molecular complexity index is 743. The van der Waals surface area contributed by atoms with Crippen molar-refractivity contribution < 1.29 is 19.4 Å². The predicted octanol–water partition coefficient (Wildman–Crippen LogP) is 3.18. The number of phenolic OH excluding ortho intramolecular Hbond substituents is 1. The summed E-state index contributed by atoms with van der Waals surface area (Å²) in [5, 5.41) is 14.2. The lowest BCUT2D eigenvalue weighted by Crippen LogP contribution is -2.03. The van der Waals surface area contributed by atoms with Gasteiger partial charge < -0.3 is 14.6 Å². The second-order valence-electron chi connectivity index (χ2n) is 4.68. The number of carbonyl (C=O) groups is 1. The van der Waals surface area contributed by atoms with Crippen molar-refractivity contribution in [1.29, 1.82) is 0 Å². The van der Waals surface area contributed by atoms with Crippen LogP contribution in [0.25, 0.3) is 0 Å². The second kappa shape index (κ2) is 8.30. The molecule has 2 aromatic rings. The molecule has 0 spiro atoms. The Kier molecular flexibility index (Phi) is 6.14. The van der Waals surface area contributed by atoms with Crippen LogP contribution >= 0.6 is 11.3 Å². The third-order valence-electron chi connectivity index (χ3n) is 2.91. The summed E-state index contributed by atoms with van der Waals surface area (Å²) < 4.78 is 10.3. The number of nitrogens with one attached hydrogen (secondary N) is 1. The SMILES string of the molecule is CCOC(=O)c1sc(N/N=C\c2ccc(O)c(OCC)c2)nc1C. The van der Waals surface area contributed by atoms with Gasteiger partial charge in [-0.05, 0) is 44.5 Å². The van der Waals surface area contributed by atoms with Gasteiger partial charge >= 0.3 is 5.97 Å². The molecule has 128 valence electrons. The molecule has 0 fully saturated rings. The number of anilines is 1. The quantitative estimate of drug-likeness (QED) is 0.453. The number of thiazole rings is 1. The molecule has 0 amide bonds. The largest absolute Gasteiger partial charge is 0.504 e. The number of benzene rings is 1. The van der Waals surface area contributed by atoms with E-state index in [4.69, 9.17) is 9.47 Å². The topological polar surface area (TPSA) is 93.0 Å². The van der Waals surface area contributed by atoms with Crippen LogP contribution in [0.1, 0.15) is 34.8 Å². The first kappa shape index (κ1) is 17.7. The highest BCUT2D eigenvalue weighted by Gasteiger charge is 2.15. The highest BCUT2D eigenvalue weighted by Crippen LogP contribution is 2.26. The molecule has 1 heterocycles. The van der Waals surface area contributed by atoms with E-state index in [0.717, 1.165) is 5.56 Å². The van der Waals surface area contributed by atoms with E-state index in [-0.39, 0.29) is 11.7 Å². The number of rotatable bonds is 7. The Morgan fingerprint density at radius 1 is 1.42 bits per heavy atom. The first-order chi connectivity index (χ1) is 11.5. The van der Waals surface area contributed by atoms with Crippen molar-refractivity contribution >= 4 is 28.7 Å². The van der Waals surface area contributed by atoms with Crippen LogP contribution < -0.4 is 10.2 Å². The van der Waals surface area contributed by atoms with Gasteiger partial charge in [-0.1, -0.05) is 11.3 Å². The smallest absolute Gasteiger partial charge is 0.350 e. The molecule has 7 nitrogen and oxygen atoms in total. The minimum atomic E-state index is -0.385. The maximum absolute atomic E-state index is 11.7. The van der Waals surface area contributed by atoms with Gasteiger partial charge in [-0.25, -0.2) is 9.78 Å². The molecule has 8 heteroatoms. The Morgan fingerprint density at radius 2 is 2.21 bits per heavy atom.